The Kier molecular flexibility index (Phi) is 5.89. The highest BCUT2D eigenvalue weighted by atomic mass is 16.1. The van der Waals surface area contributed by atoms with Crippen LogP contribution in [0.25, 0.3) is 5.57 Å². The molecule has 1 nitrogen and oxygen atoms in total. The second-order valence-corrected chi connectivity index (χ2v) is 4.67. The second-order valence-electron chi connectivity index (χ2n) is 4.67. The van der Waals surface area contributed by atoms with E-state index in [9.17, 15) is 4.79 Å². The van der Waals surface area contributed by atoms with Crippen molar-refractivity contribution in [3.8, 4) is 0 Å². The van der Waals surface area contributed by atoms with Gasteiger partial charge in [0.25, 0.3) is 0 Å². The zero-order valence-corrected chi connectivity index (χ0v) is 12.4. The van der Waals surface area contributed by atoms with E-state index in [2.05, 4.69) is 30.8 Å². The number of hydrogen-bond acceptors (Lipinski definition) is 1. The van der Waals surface area contributed by atoms with Crippen LogP contribution in [0.1, 0.15) is 11.1 Å². The summed E-state index contributed by atoms with van der Waals surface area (Å²) in [6.07, 6.45) is 10.00. The summed E-state index contributed by atoms with van der Waals surface area (Å²) in [5.41, 5.74) is 3.32. The van der Waals surface area contributed by atoms with E-state index >= 15 is 0 Å². The summed E-state index contributed by atoms with van der Waals surface area (Å²) in [5, 5.41) is 0. The Morgan fingerprint density at radius 3 is 1.77 bits per heavy atom. The minimum atomic E-state index is -0.0587. The van der Waals surface area contributed by atoms with Crippen molar-refractivity contribution >= 4 is 11.4 Å². The first-order chi connectivity index (χ1) is 10.8. The van der Waals surface area contributed by atoms with Gasteiger partial charge in [-0.2, -0.15) is 0 Å². The van der Waals surface area contributed by atoms with Crippen molar-refractivity contribution in [1.82, 2.24) is 0 Å². The van der Waals surface area contributed by atoms with E-state index in [1.807, 2.05) is 42.5 Å². The van der Waals surface area contributed by atoms with Gasteiger partial charge in [-0.05, 0) is 28.9 Å². The molecular weight excluding hydrogens is 268 g/mol. The van der Waals surface area contributed by atoms with Crippen LogP contribution in [0.15, 0.2) is 104 Å². The Morgan fingerprint density at radius 2 is 1.27 bits per heavy atom. The molecule has 0 radical (unpaired) electrons. The highest BCUT2D eigenvalue weighted by Crippen LogP contribution is 2.23. The van der Waals surface area contributed by atoms with Crippen LogP contribution in [0.3, 0.4) is 0 Å². The van der Waals surface area contributed by atoms with Gasteiger partial charge in [-0.3, -0.25) is 4.79 Å². The van der Waals surface area contributed by atoms with E-state index in [0.29, 0.717) is 0 Å². The molecule has 0 aliphatic carbocycles. The van der Waals surface area contributed by atoms with E-state index in [1.54, 1.807) is 24.3 Å². The van der Waals surface area contributed by atoms with Gasteiger partial charge in [0.05, 0.1) is 0 Å². The number of rotatable bonds is 6. The molecule has 0 aromatic heterocycles. The van der Waals surface area contributed by atoms with Gasteiger partial charge in [-0.25, -0.2) is 0 Å². The molecule has 0 aliphatic heterocycles. The molecule has 0 saturated heterocycles. The number of hydrogen-bond donors (Lipinski definition) is 0. The highest BCUT2D eigenvalue weighted by Gasteiger charge is 2.02. The van der Waals surface area contributed by atoms with Crippen molar-refractivity contribution < 1.29 is 4.79 Å². The van der Waals surface area contributed by atoms with E-state index < -0.39 is 0 Å². The van der Waals surface area contributed by atoms with Crippen LogP contribution in [-0.4, -0.2) is 5.78 Å². The summed E-state index contributed by atoms with van der Waals surface area (Å²) >= 11 is 0. The zero-order chi connectivity index (χ0) is 15.6. The molecule has 0 N–H and O–H groups in total. The van der Waals surface area contributed by atoms with Crippen LogP contribution < -0.4 is 0 Å². The van der Waals surface area contributed by atoms with Gasteiger partial charge in [-0.15, -0.1) is 0 Å². The molecule has 22 heavy (non-hydrogen) atoms. The first-order valence-corrected chi connectivity index (χ1v) is 7.13. The summed E-state index contributed by atoms with van der Waals surface area (Å²) < 4.78 is 0. The van der Waals surface area contributed by atoms with Crippen LogP contribution in [0.5, 0.6) is 0 Å². The number of carbonyl (C=O) groups excluding carboxylic acids is 1. The highest BCUT2D eigenvalue weighted by molar-refractivity contribution is 5.99. The molecule has 0 aliphatic rings. The van der Waals surface area contributed by atoms with Crippen LogP contribution in [0.2, 0.25) is 0 Å². The zero-order valence-electron chi connectivity index (χ0n) is 12.4. The van der Waals surface area contributed by atoms with Gasteiger partial charge in [0.15, 0.2) is 5.78 Å². The van der Waals surface area contributed by atoms with E-state index in [1.165, 1.54) is 6.08 Å². The predicted octanol–water partition coefficient (Wildman–Crippen LogP) is 4.99. The average molecular weight is 286 g/mol. The van der Waals surface area contributed by atoms with Gasteiger partial charge >= 0.3 is 0 Å². The SMILES string of the molecule is C=CC=CC(=O)C=CC=C(c1ccccc1)c1ccccc1. The van der Waals surface area contributed by atoms with Crippen LogP contribution >= 0.6 is 0 Å². The lowest BCUT2D eigenvalue weighted by Gasteiger charge is -2.07. The molecule has 0 unspecified atom stereocenters. The Hall–Kier alpha value is -2.93. The molecule has 0 fully saturated rings. The number of ketones is 1. The van der Waals surface area contributed by atoms with Gasteiger partial charge in [0.1, 0.15) is 0 Å². The summed E-state index contributed by atoms with van der Waals surface area (Å²) in [5.74, 6) is -0.0587. The average Bonchev–Trinajstić information content (AvgIpc) is 2.58. The minimum absolute atomic E-state index is 0.0587. The fraction of sp³-hybridized carbons (Fsp3) is 0. The fourth-order valence-electron chi connectivity index (χ4n) is 2.05. The van der Waals surface area contributed by atoms with Crippen molar-refractivity contribution in [1.29, 1.82) is 0 Å². The third-order valence-corrected chi connectivity index (χ3v) is 3.09. The molecule has 0 heterocycles. The van der Waals surface area contributed by atoms with Gasteiger partial charge in [0.2, 0.25) is 0 Å². The van der Waals surface area contributed by atoms with Gasteiger partial charge in [0, 0.05) is 0 Å². The largest absolute Gasteiger partial charge is 0.290 e. The number of allylic oxidation sites excluding steroid dienone is 6. The third kappa shape index (κ3) is 4.57. The molecule has 108 valence electrons. The third-order valence-electron chi connectivity index (χ3n) is 3.09. The first-order valence-electron chi connectivity index (χ1n) is 7.13. The number of benzene rings is 2. The molecule has 0 bridgehead atoms. The number of carbonyl (C=O) groups is 1. The molecule has 2 aromatic rings. The van der Waals surface area contributed by atoms with Crippen LogP contribution in [0.4, 0.5) is 0 Å². The monoisotopic (exact) mass is 286 g/mol. The quantitative estimate of drug-likeness (QED) is 0.540. The molecule has 2 rings (SSSR count). The summed E-state index contributed by atoms with van der Waals surface area (Å²) in [7, 11) is 0. The maximum absolute atomic E-state index is 11.6. The van der Waals surface area contributed by atoms with E-state index in [0.717, 1.165) is 16.7 Å². The smallest absolute Gasteiger partial charge is 0.178 e. The van der Waals surface area contributed by atoms with Crippen LogP contribution in [0, 0.1) is 0 Å². The van der Waals surface area contributed by atoms with Gasteiger partial charge < -0.3 is 0 Å². The Balaban J connectivity index is 2.31. The molecule has 2 aromatic carbocycles. The van der Waals surface area contributed by atoms with E-state index in [-0.39, 0.29) is 5.78 Å². The standard InChI is InChI=1S/C21H18O/c1-2-3-15-20(22)16-10-17-21(18-11-6-4-7-12-18)19-13-8-5-9-14-19/h2-17H,1H2. The van der Waals surface area contributed by atoms with E-state index in [4.69, 9.17) is 0 Å². The topological polar surface area (TPSA) is 17.1 Å². The van der Waals surface area contributed by atoms with Crippen molar-refractivity contribution in [2.45, 2.75) is 0 Å². The Morgan fingerprint density at radius 1 is 0.773 bits per heavy atom. The summed E-state index contributed by atoms with van der Waals surface area (Å²) in [6.45, 7) is 3.55. The Labute approximate surface area is 131 Å². The minimum Gasteiger partial charge on any atom is -0.290 e. The molecule has 1 heteroatoms. The van der Waals surface area contributed by atoms with Gasteiger partial charge in [-0.1, -0.05) is 91.5 Å². The van der Waals surface area contributed by atoms with Crippen molar-refractivity contribution in [3.05, 3.63) is 115 Å². The normalized spacial score (nSPS) is 10.7. The molecule has 0 spiro atoms. The van der Waals surface area contributed by atoms with Crippen molar-refractivity contribution in [3.63, 3.8) is 0 Å². The second kappa shape index (κ2) is 8.38. The molecule has 0 atom stereocenters. The fourth-order valence-corrected chi connectivity index (χ4v) is 2.05. The maximum Gasteiger partial charge on any atom is 0.178 e. The predicted molar refractivity (Wildman–Crippen MR) is 93.4 cm³/mol. The molecule has 0 amide bonds. The Bertz CT molecular complexity index is 663. The first kappa shape index (κ1) is 15.5. The maximum atomic E-state index is 11.6. The summed E-state index contributed by atoms with van der Waals surface area (Å²) in [6, 6.07) is 20.3. The van der Waals surface area contributed by atoms with Crippen molar-refractivity contribution in [2.75, 3.05) is 0 Å². The lowest BCUT2D eigenvalue weighted by atomic mass is 9.97. The lowest BCUT2D eigenvalue weighted by molar-refractivity contribution is -0.110. The van der Waals surface area contributed by atoms with Crippen LogP contribution in [-0.2, 0) is 4.79 Å². The molecule has 0 saturated carbocycles. The summed E-state index contributed by atoms with van der Waals surface area (Å²) in [4.78, 5) is 11.6. The molecular formula is C21H18O. The lowest BCUT2D eigenvalue weighted by Crippen LogP contribution is -1.88. The van der Waals surface area contributed by atoms with Crippen molar-refractivity contribution in [2.24, 2.45) is 0 Å².